The van der Waals surface area contributed by atoms with E-state index in [9.17, 15) is 4.79 Å². The van der Waals surface area contributed by atoms with Crippen LogP contribution in [-0.2, 0) is 11.3 Å². The molecule has 2 amide bonds. The fourth-order valence-corrected chi connectivity index (χ4v) is 2.43. The third kappa shape index (κ3) is 4.21. The third-order valence-corrected chi connectivity index (χ3v) is 3.78. The van der Waals surface area contributed by atoms with Gasteiger partial charge in [-0.25, -0.2) is 4.79 Å². The van der Waals surface area contributed by atoms with Crippen molar-refractivity contribution in [2.45, 2.75) is 32.4 Å². The largest absolute Gasteiger partial charge is 0.381 e. The van der Waals surface area contributed by atoms with Gasteiger partial charge in [0.25, 0.3) is 0 Å². The molecule has 5 heteroatoms. The van der Waals surface area contributed by atoms with Gasteiger partial charge < -0.3 is 21.1 Å². The van der Waals surface area contributed by atoms with Crippen LogP contribution in [0, 0.1) is 5.92 Å². The molecule has 5 nitrogen and oxygen atoms in total. The Morgan fingerprint density at radius 2 is 2.00 bits per heavy atom. The summed E-state index contributed by atoms with van der Waals surface area (Å²) in [5, 5.41) is 5.84. The van der Waals surface area contributed by atoms with E-state index in [0.717, 1.165) is 37.3 Å². The smallest absolute Gasteiger partial charge is 0.319 e. The van der Waals surface area contributed by atoms with Crippen LogP contribution in [0.5, 0.6) is 0 Å². The Labute approximate surface area is 119 Å². The standard InChI is InChI=1S/C15H23N3O2/c1-11(13-6-8-20-9-7-13)17-15(19)18-14-4-2-12(10-16)3-5-14/h2-5,11,13H,6-10,16H2,1H3,(H2,17,18,19). The van der Waals surface area contributed by atoms with E-state index in [0.29, 0.717) is 12.5 Å². The van der Waals surface area contributed by atoms with Crippen LogP contribution in [0.15, 0.2) is 24.3 Å². The Kier molecular flexibility index (Phi) is 5.38. The molecule has 1 aliphatic rings. The number of ether oxygens (including phenoxy) is 1. The summed E-state index contributed by atoms with van der Waals surface area (Å²) in [6.45, 7) is 4.14. The molecule has 1 aromatic carbocycles. The quantitative estimate of drug-likeness (QED) is 0.788. The van der Waals surface area contributed by atoms with E-state index in [2.05, 4.69) is 10.6 Å². The lowest BCUT2D eigenvalue weighted by Gasteiger charge is -2.28. The Morgan fingerprint density at radius 1 is 1.35 bits per heavy atom. The van der Waals surface area contributed by atoms with E-state index in [1.54, 1.807) is 0 Å². The van der Waals surface area contributed by atoms with E-state index < -0.39 is 0 Å². The van der Waals surface area contributed by atoms with Crippen molar-refractivity contribution in [3.05, 3.63) is 29.8 Å². The average Bonchev–Trinajstić information content (AvgIpc) is 2.49. The van der Waals surface area contributed by atoms with E-state index in [1.165, 1.54) is 0 Å². The highest BCUT2D eigenvalue weighted by molar-refractivity contribution is 5.89. The molecule has 1 fully saturated rings. The first-order valence-corrected chi connectivity index (χ1v) is 7.13. The Morgan fingerprint density at radius 3 is 2.60 bits per heavy atom. The monoisotopic (exact) mass is 277 g/mol. The molecule has 1 aromatic rings. The highest BCUT2D eigenvalue weighted by Gasteiger charge is 2.21. The minimum Gasteiger partial charge on any atom is -0.381 e. The molecule has 0 aliphatic carbocycles. The van der Waals surface area contributed by atoms with Crippen LogP contribution in [-0.4, -0.2) is 25.3 Å². The van der Waals surface area contributed by atoms with E-state index in [-0.39, 0.29) is 12.1 Å². The Balaban J connectivity index is 1.81. The molecule has 0 radical (unpaired) electrons. The topological polar surface area (TPSA) is 76.4 Å². The minimum absolute atomic E-state index is 0.155. The first-order chi connectivity index (χ1) is 9.69. The Hall–Kier alpha value is -1.59. The van der Waals surface area contributed by atoms with Gasteiger partial charge in [-0.15, -0.1) is 0 Å². The van der Waals surface area contributed by atoms with Gasteiger partial charge in [0.1, 0.15) is 0 Å². The van der Waals surface area contributed by atoms with Crippen molar-refractivity contribution in [2.75, 3.05) is 18.5 Å². The third-order valence-electron chi connectivity index (χ3n) is 3.78. The molecule has 1 aliphatic heterocycles. The second-order valence-corrected chi connectivity index (χ2v) is 5.24. The molecular formula is C15H23N3O2. The normalized spacial score (nSPS) is 17.5. The lowest BCUT2D eigenvalue weighted by Crippen LogP contribution is -2.42. The number of anilines is 1. The van der Waals surface area contributed by atoms with Crippen molar-refractivity contribution in [2.24, 2.45) is 11.7 Å². The molecule has 0 bridgehead atoms. The van der Waals surface area contributed by atoms with Gasteiger partial charge in [-0.2, -0.15) is 0 Å². The van der Waals surface area contributed by atoms with Crippen molar-refractivity contribution < 1.29 is 9.53 Å². The number of nitrogens with one attached hydrogen (secondary N) is 2. The predicted octanol–water partition coefficient (Wildman–Crippen LogP) is 2.08. The van der Waals surface area contributed by atoms with Crippen LogP contribution in [0.25, 0.3) is 0 Å². The van der Waals surface area contributed by atoms with Crippen molar-refractivity contribution in [1.29, 1.82) is 0 Å². The van der Waals surface area contributed by atoms with Gasteiger partial charge in [0.05, 0.1) is 0 Å². The van der Waals surface area contributed by atoms with Crippen LogP contribution in [0.4, 0.5) is 10.5 Å². The predicted molar refractivity (Wildman–Crippen MR) is 79.5 cm³/mol. The van der Waals surface area contributed by atoms with Crippen molar-refractivity contribution >= 4 is 11.7 Å². The average molecular weight is 277 g/mol. The van der Waals surface area contributed by atoms with Gasteiger partial charge in [-0.3, -0.25) is 0 Å². The van der Waals surface area contributed by atoms with Crippen LogP contribution < -0.4 is 16.4 Å². The van der Waals surface area contributed by atoms with Gasteiger partial charge in [-0.05, 0) is 43.4 Å². The second-order valence-electron chi connectivity index (χ2n) is 5.24. The van der Waals surface area contributed by atoms with Crippen molar-refractivity contribution in [1.82, 2.24) is 5.32 Å². The van der Waals surface area contributed by atoms with Crippen LogP contribution >= 0.6 is 0 Å². The molecule has 0 saturated carbocycles. The molecule has 110 valence electrons. The molecule has 1 unspecified atom stereocenters. The summed E-state index contributed by atoms with van der Waals surface area (Å²) in [6.07, 6.45) is 2.01. The molecule has 20 heavy (non-hydrogen) atoms. The number of nitrogens with two attached hydrogens (primary N) is 1. The van der Waals surface area contributed by atoms with Gasteiger partial charge in [-0.1, -0.05) is 12.1 Å². The number of carbonyl (C=O) groups excluding carboxylic acids is 1. The number of urea groups is 1. The molecule has 1 saturated heterocycles. The first-order valence-electron chi connectivity index (χ1n) is 7.13. The fourth-order valence-electron chi connectivity index (χ4n) is 2.43. The van der Waals surface area contributed by atoms with E-state index in [1.807, 2.05) is 31.2 Å². The molecule has 0 spiro atoms. The van der Waals surface area contributed by atoms with Gasteiger partial charge in [0.2, 0.25) is 0 Å². The van der Waals surface area contributed by atoms with E-state index >= 15 is 0 Å². The van der Waals surface area contributed by atoms with Crippen LogP contribution in [0.1, 0.15) is 25.3 Å². The van der Waals surface area contributed by atoms with E-state index in [4.69, 9.17) is 10.5 Å². The van der Waals surface area contributed by atoms with Gasteiger partial charge in [0, 0.05) is 31.5 Å². The molecule has 1 atom stereocenters. The Bertz CT molecular complexity index is 427. The summed E-state index contributed by atoms with van der Waals surface area (Å²) in [7, 11) is 0. The molecule has 1 heterocycles. The summed E-state index contributed by atoms with van der Waals surface area (Å²) in [4.78, 5) is 11.9. The highest BCUT2D eigenvalue weighted by atomic mass is 16.5. The fraction of sp³-hybridized carbons (Fsp3) is 0.533. The summed E-state index contributed by atoms with van der Waals surface area (Å²) in [5.41, 5.74) is 7.36. The number of amides is 2. The summed E-state index contributed by atoms with van der Waals surface area (Å²) in [5.74, 6) is 0.495. The van der Waals surface area contributed by atoms with Crippen LogP contribution in [0.3, 0.4) is 0 Å². The lowest BCUT2D eigenvalue weighted by atomic mass is 9.93. The maximum Gasteiger partial charge on any atom is 0.319 e. The first kappa shape index (κ1) is 14.8. The van der Waals surface area contributed by atoms with Crippen LogP contribution in [0.2, 0.25) is 0 Å². The number of carbonyl (C=O) groups is 1. The van der Waals surface area contributed by atoms with Crippen molar-refractivity contribution in [3.63, 3.8) is 0 Å². The maximum absolute atomic E-state index is 11.9. The summed E-state index contributed by atoms with van der Waals surface area (Å²) >= 11 is 0. The number of hydrogen-bond acceptors (Lipinski definition) is 3. The zero-order valence-corrected chi connectivity index (χ0v) is 11.9. The number of hydrogen-bond donors (Lipinski definition) is 3. The molecule has 2 rings (SSSR count). The maximum atomic E-state index is 11.9. The minimum atomic E-state index is -0.163. The number of rotatable bonds is 4. The molecule has 0 aromatic heterocycles. The zero-order chi connectivity index (χ0) is 14.4. The molecule has 4 N–H and O–H groups in total. The SMILES string of the molecule is CC(NC(=O)Nc1ccc(CN)cc1)C1CCOCC1. The zero-order valence-electron chi connectivity index (χ0n) is 11.9. The van der Waals surface area contributed by atoms with Crippen molar-refractivity contribution in [3.8, 4) is 0 Å². The van der Waals surface area contributed by atoms with Gasteiger partial charge >= 0.3 is 6.03 Å². The lowest BCUT2D eigenvalue weighted by molar-refractivity contribution is 0.0573. The summed E-state index contributed by atoms with van der Waals surface area (Å²) in [6, 6.07) is 7.54. The highest BCUT2D eigenvalue weighted by Crippen LogP contribution is 2.18. The second kappa shape index (κ2) is 7.26. The van der Waals surface area contributed by atoms with Gasteiger partial charge in [0.15, 0.2) is 0 Å². The molecular weight excluding hydrogens is 254 g/mol. The summed E-state index contributed by atoms with van der Waals surface area (Å²) < 4.78 is 5.33. The number of benzene rings is 1.